The van der Waals surface area contributed by atoms with Crippen LogP contribution in [0.4, 0.5) is 0 Å². The van der Waals surface area contributed by atoms with E-state index in [1.54, 1.807) is 0 Å². The van der Waals surface area contributed by atoms with Crippen molar-refractivity contribution in [1.82, 2.24) is 9.80 Å². The maximum atomic E-state index is 11.2. The van der Waals surface area contributed by atoms with Crippen LogP contribution in [0.1, 0.15) is 19.3 Å². The number of carboxylic acids is 4. The molecule has 0 aromatic carbocycles. The standard InChI is InChI=1S/C15H21N3O8S.2Li.2H/c19-12(20)4-17(5-13(21)22)10-2-1-9(16-8-27)3-11(10)18(6-14(23)24)7-15(25)26;;;;/h9-11H,1-7H2,(H,19,20)(H,21,22)(H,23,24)(H,25,26);;;;. The molecule has 1 aliphatic carbocycles. The van der Waals surface area contributed by atoms with Crippen LogP contribution in [-0.2, 0) is 19.2 Å². The molecule has 11 nitrogen and oxygen atoms in total. The van der Waals surface area contributed by atoms with E-state index in [1.807, 2.05) is 0 Å². The van der Waals surface area contributed by atoms with Crippen LogP contribution in [0.15, 0.2) is 4.99 Å². The quantitative estimate of drug-likeness (QED) is 0.166. The molecule has 0 spiro atoms. The van der Waals surface area contributed by atoms with Gasteiger partial charge in [0, 0.05) is 12.1 Å². The minimum atomic E-state index is -1.25. The molecule has 1 aliphatic rings. The van der Waals surface area contributed by atoms with Crippen LogP contribution in [0.5, 0.6) is 0 Å². The average molecular weight is 419 g/mol. The Balaban J connectivity index is 0. The van der Waals surface area contributed by atoms with Gasteiger partial charge in [-0.15, -0.1) is 0 Å². The summed E-state index contributed by atoms with van der Waals surface area (Å²) in [5.41, 5.74) is 0. The first-order valence-electron chi connectivity index (χ1n) is 8.06. The molecule has 0 saturated heterocycles. The molecule has 4 N–H and O–H groups in total. The van der Waals surface area contributed by atoms with E-state index in [0.29, 0.717) is 12.8 Å². The molecule has 3 atom stereocenters. The SMILES string of the molecule is O=C(O)CN(CC(=O)O)C1CCC(N=C=S)CC1N(CC(=O)O)CC(=O)O.[LiH].[LiH]. The first kappa shape index (κ1) is 30.0. The van der Waals surface area contributed by atoms with Gasteiger partial charge in [0.05, 0.1) is 37.4 Å². The van der Waals surface area contributed by atoms with Crippen LogP contribution in [0.2, 0.25) is 0 Å². The second-order valence-electron chi connectivity index (χ2n) is 6.21. The van der Waals surface area contributed by atoms with Crippen LogP contribution in [-0.4, -0.2) is 141 Å². The van der Waals surface area contributed by atoms with Crippen LogP contribution >= 0.6 is 12.2 Å². The Labute approximate surface area is 196 Å². The molecule has 0 aromatic rings. The first-order chi connectivity index (χ1) is 12.6. The Hall–Kier alpha value is -1.21. The summed E-state index contributed by atoms with van der Waals surface area (Å²) < 4.78 is 0. The molecule has 0 aliphatic heterocycles. The van der Waals surface area contributed by atoms with Crippen molar-refractivity contribution in [2.45, 2.75) is 37.4 Å². The molecule has 29 heavy (non-hydrogen) atoms. The summed E-state index contributed by atoms with van der Waals surface area (Å²) in [6, 6.07) is -1.71. The number of carbonyl (C=O) groups is 4. The number of carboxylic acid groups (broad SMARTS) is 4. The topological polar surface area (TPSA) is 168 Å². The zero-order valence-corrected chi connectivity index (χ0v) is 15.2. The fourth-order valence-electron chi connectivity index (χ4n) is 3.40. The van der Waals surface area contributed by atoms with Crippen LogP contribution < -0.4 is 0 Å². The maximum absolute atomic E-state index is 11.2. The average Bonchev–Trinajstić information content (AvgIpc) is 2.52. The molecular weight excluding hydrogens is 396 g/mol. The van der Waals surface area contributed by atoms with Gasteiger partial charge >= 0.3 is 61.6 Å². The van der Waals surface area contributed by atoms with Crippen molar-refractivity contribution in [3.05, 3.63) is 0 Å². The molecule has 14 heteroatoms. The van der Waals surface area contributed by atoms with Crippen molar-refractivity contribution < 1.29 is 39.6 Å². The third kappa shape index (κ3) is 10.9. The van der Waals surface area contributed by atoms with E-state index in [1.165, 1.54) is 9.80 Å². The molecule has 1 saturated carbocycles. The number of hydrogen-bond acceptors (Lipinski definition) is 8. The van der Waals surface area contributed by atoms with Gasteiger partial charge in [-0.3, -0.25) is 29.0 Å². The summed E-state index contributed by atoms with van der Waals surface area (Å²) in [7, 11) is 0. The van der Waals surface area contributed by atoms with E-state index in [-0.39, 0.29) is 50.2 Å². The number of thiocarbonyl (C=S) groups is 1. The molecule has 0 amide bonds. The van der Waals surface area contributed by atoms with Crippen LogP contribution in [0.25, 0.3) is 0 Å². The van der Waals surface area contributed by atoms with Crippen molar-refractivity contribution in [1.29, 1.82) is 0 Å². The molecule has 0 bridgehead atoms. The number of aliphatic imine (C=N–C) groups is 1. The van der Waals surface area contributed by atoms with E-state index in [2.05, 4.69) is 22.4 Å². The van der Waals surface area contributed by atoms with Gasteiger partial charge in [-0.05, 0) is 31.5 Å². The number of isothiocyanates is 1. The molecule has 1 fully saturated rings. The van der Waals surface area contributed by atoms with Crippen LogP contribution in [0.3, 0.4) is 0 Å². The molecular formula is C15H23Li2N3O8S. The molecule has 1 rings (SSSR count). The summed E-state index contributed by atoms with van der Waals surface area (Å²) in [5.74, 6) is -4.98. The summed E-state index contributed by atoms with van der Waals surface area (Å²) in [6.45, 7) is -2.31. The normalized spacial score (nSPS) is 20.7. The zero-order valence-electron chi connectivity index (χ0n) is 14.4. The van der Waals surface area contributed by atoms with E-state index in [0.717, 1.165) is 0 Å². The van der Waals surface area contributed by atoms with Gasteiger partial charge in [-0.1, -0.05) is 0 Å². The van der Waals surface area contributed by atoms with Gasteiger partial charge in [0.2, 0.25) is 0 Å². The van der Waals surface area contributed by atoms with Gasteiger partial charge in [-0.25, -0.2) is 4.99 Å². The predicted molar refractivity (Wildman–Crippen MR) is 108 cm³/mol. The van der Waals surface area contributed by atoms with Crippen molar-refractivity contribution in [3.63, 3.8) is 0 Å². The van der Waals surface area contributed by atoms with E-state index in [4.69, 9.17) is 20.4 Å². The first-order valence-corrected chi connectivity index (χ1v) is 8.47. The third-order valence-corrected chi connectivity index (χ3v) is 4.39. The molecule has 0 radical (unpaired) electrons. The van der Waals surface area contributed by atoms with Crippen molar-refractivity contribution in [2.24, 2.45) is 4.99 Å². The Morgan fingerprint density at radius 3 is 1.52 bits per heavy atom. The second kappa shape index (κ2) is 14.7. The summed E-state index contributed by atoms with van der Waals surface area (Å²) in [5, 5.41) is 38.7. The molecule has 154 valence electrons. The third-order valence-electron chi connectivity index (χ3n) is 4.28. The monoisotopic (exact) mass is 419 g/mol. The molecule has 0 heterocycles. The second-order valence-corrected chi connectivity index (χ2v) is 6.39. The van der Waals surface area contributed by atoms with E-state index >= 15 is 0 Å². The van der Waals surface area contributed by atoms with Gasteiger partial charge in [0.25, 0.3) is 0 Å². The van der Waals surface area contributed by atoms with Gasteiger partial charge in [0.15, 0.2) is 0 Å². The number of aliphatic carboxylic acids is 4. The van der Waals surface area contributed by atoms with Crippen molar-refractivity contribution in [2.75, 3.05) is 26.2 Å². The van der Waals surface area contributed by atoms with Crippen LogP contribution in [0, 0.1) is 0 Å². The summed E-state index contributed by atoms with van der Waals surface area (Å²) in [4.78, 5) is 51.1. The fraction of sp³-hybridized carbons (Fsp3) is 0.667. The molecule has 3 unspecified atom stereocenters. The Bertz CT molecular complexity index is 615. The predicted octanol–water partition coefficient (Wildman–Crippen LogP) is -1.98. The Morgan fingerprint density at radius 2 is 1.17 bits per heavy atom. The Kier molecular flexibility index (Phi) is 15.2. The number of hydrogen-bond donors (Lipinski definition) is 4. The van der Waals surface area contributed by atoms with Gasteiger partial charge in [-0.2, -0.15) is 0 Å². The van der Waals surface area contributed by atoms with Gasteiger partial charge < -0.3 is 20.4 Å². The van der Waals surface area contributed by atoms with E-state index in [9.17, 15) is 19.2 Å². The zero-order chi connectivity index (χ0) is 20.6. The number of rotatable bonds is 11. The number of nitrogens with zero attached hydrogens (tertiary/aromatic N) is 3. The van der Waals surface area contributed by atoms with Crippen molar-refractivity contribution in [3.8, 4) is 0 Å². The summed E-state index contributed by atoms with van der Waals surface area (Å²) in [6.07, 6.45) is 0.991. The van der Waals surface area contributed by atoms with E-state index < -0.39 is 62.1 Å². The minimum absolute atomic E-state index is 0. The Morgan fingerprint density at radius 1 is 0.793 bits per heavy atom. The van der Waals surface area contributed by atoms with Crippen molar-refractivity contribution >= 4 is 79.0 Å². The van der Waals surface area contributed by atoms with Gasteiger partial charge in [0.1, 0.15) is 0 Å². The summed E-state index contributed by atoms with van der Waals surface area (Å²) >= 11 is 4.59. The fourth-order valence-corrected chi connectivity index (χ4v) is 3.54. The molecule has 0 aromatic heterocycles.